The molecule has 0 aromatic heterocycles. The Bertz CT molecular complexity index is 911. The molecule has 2 aromatic rings. The number of piperazine rings is 1. The standard InChI is InChI=1S/C25H31FN4/c1-19(2)28-13-15-29(16-14-28)21(4)30(25-8-6-7-24(26)17-25)18-22-9-11-23(12-10-22)20(3)27-5/h6-12,17,27H,1,3-4,13-16,18H2,2,5H3. The molecule has 2 aromatic carbocycles. The summed E-state index contributed by atoms with van der Waals surface area (Å²) in [6, 6.07) is 15.0. The van der Waals surface area contributed by atoms with E-state index < -0.39 is 0 Å². The average Bonchev–Trinajstić information content (AvgIpc) is 2.77. The van der Waals surface area contributed by atoms with Gasteiger partial charge in [-0.25, -0.2) is 4.39 Å². The van der Waals surface area contributed by atoms with Crippen molar-refractivity contribution in [2.75, 3.05) is 38.1 Å². The predicted molar refractivity (Wildman–Crippen MR) is 124 cm³/mol. The highest BCUT2D eigenvalue weighted by atomic mass is 19.1. The molecule has 1 heterocycles. The van der Waals surface area contributed by atoms with Gasteiger partial charge in [0.1, 0.15) is 11.6 Å². The Morgan fingerprint density at radius 3 is 2.20 bits per heavy atom. The maximum Gasteiger partial charge on any atom is 0.125 e. The summed E-state index contributed by atoms with van der Waals surface area (Å²) < 4.78 is 14.0. The first-order chi connectivity index (χ1) is 14.4. The largest absolute Gasteiger partial charge is 0.388 e. The van der Waals surface area contributed by atoms with Gasteiger partial charge in [-0.15, -0.1) is 0 Å². The molecule has 3 rings (SSSR count). The van der Waals surface area contributed by atoms with Crippen molar-refractivity contribution in [3.05, 3.63) is 96.7 Å². The zero-order valence-electron chi connectivity index (χ0n) is 18.0. The van der Waals surface area contributed by atoms with Crippen molar-refractivity contribution in [3.63, 3.8) is 0 Å². The predicted octanol–water partition coefficient (Wildman–Crippen LogP) is 4.64. The van der Waals surface area contributed by atoms with E-state index in [1.807, 2.05) is 32.2 Å². The lowest BCUT2D eigenvalue weighted by Crippen LogP contribution is -2.47. The Balaban J connectivity index is 1.81. The van der Waals surface area contributed by atoms with Crippen LogP contribution in [0, 0.1) is 5.82 Å². The lowest BCUT2D eigenvalue weighted by atomic mass is 10.1. The van der Waals surface area contributed by atoms with E-state index >= 15 is 0 Å². The van der Waals surface area contributed by atoms with Gasteiger partial charge in [-0.1, -0.05) is 50.1 Å². The normalized spacial score (nSPS) is 13.7. The molecule has 1 N–H and O–H groups in total. The number of allylic oxidation sites excluding steroid dienone is 1. The Morgan fingerprint density at radius 2 is 1.63 bits per heavy atom. The number of nitrogens with zero attached hydrogens (tertiary/aromatic N) is 3. The average molecular weight is 407 g/mol. The molecule has 30 heavy (non-hydrogen) atoms. The van der Waals surface area contributed by atoms with Gasteiger partial charge in [0, 0.05) is 56.9 Å². The fourth-order valence-electron chi connectivity index (χ4n) is 3.63. The number of hydrogen-bond donors (Lipinski definition) is 1. The molecule has 0 unspecified atom stereocenters. The molecule has 4 nitrogen and oxygen atoms in total. The molecule has 0 saturated carbocycles. The molecule has 0 radical (unpaired) electrons. The van der Waals surface area contributed by atoms with Crippen LogP contribution in [-0.2, 0) is 6.54 Å². The smallest absolute Gasteiger partial charge is 0.125 e. The molecule has 1 saturated heterocycles. The zero-order valence-corrected chi connectivity index (χ0v) is 18.0. The van der Waals surface area contributed by atoms with Crippen LogP contribution < -0.4 is 10.2 Å². The van der Waals surface area contributed by atoms with Crippen LogP contribution in [0.15, 0.2) is 79.8 Å². The first-order valence-corrected chi connectivity index (χ1v) is 10.2. The van der Waals surface area contributed by atoms with Crippen LogP contribution in [0.2, 0.25) is 0 Å². The monoisotopic (exact) mass is 406 g/mol. The van der Waals surface area contributed by atoms with Crippen LogP contribution in [0.5, 0.6) is 0 Å². The lowest BCUT2D eigenvalue weighted by molar-refractivity contribution is 0.189. The van der Waals surface area contributed by atoms with Crippen molar-refractivity contribution < 1.29 is 4.39 Å². The van der Waals surface area contributed by atoms with Gasteiger partial charge in [0.25, 0.3) is 0 Å². The third kappa shape index (κ3) is 5.03. The van der Waals surface area contributed by atoms with Gasteiger partial charge in [0.05, 0.1) is 0 Å². The molecule has 0 bridgehead atoms. The number of halogens is 1. The van der Waals surface area contributed by atoms with Crippen molar-refractivity contribution in [1.29, 1.82) is 0 Å². The number of hydrogen-bond acceptors (Lipinski definition) is 4. The fraction of sp³-hybridized carbons (Fsp3) is 0.280. The highest BCUT2D eigenvalue weighted by molar-refractivity contribution is 5.61. The second-order valence-electron chi connectivity index (χ2n) is 7.62. The van der Waals surface area contributed by atoms with Crippen LogP contribution in [-0.4, -0.2) is 43.0 Å². The lowest BCUT2D eigenvalue weighted by Gasteiger charge is -2.41. The second kappa shape index (κ2) is 9.53. The van der Waals surface area contributed by atoms with Gasteiger partial charge >= 0.3 is 0 Å². The van der Waals surface area contributed by atoms with Gasteiger partial charge in [0.15, 0.2) is 0 Å². The third-order valence-corrected chi connectivity index (χ3v) is 5.56. The summed E-state index contributed by atoms with van der Waals surface area (Å²) in [5, 5.41) is 3.07. The summed E-state index contributed by atoms with van der Waals surface area (Å²) in [7, 11) is 1.86. The Labute approximate surface area is 179 Å². The maximum atomic E-state index is 14.0. The van der Waals surface area contributed by atoms with Crippen LogP contribution in [0.25, 0.3) is 5.70 Å². The molecule has 1 aliphatic heterocycles. The van der Waals surface area contributed by atoms with E-state index in [0.29, 0.717) is 6.54 Å². The molecule has 5 heteroatoms. The summed E-state index contributed by atoms with van der Waals surface area (Å²) >= 11 is 0. The number of benzene rings is 2. The summed E-state index contributed by atoms with van der Waals surface area (Å²) in [5.41, 5.74) is 4.93. The number of anilines is 1. The van der Waals surface area contributed by atoms with Gasteiger partial charge < -0.3 is 20.0 Å². The van der Waals surface area contributed by atoms with E-state index in [1.54, 1.807) is 12.1 Å². The molecule has 158 valence electrons. The number of nitrogens with one attached hydrogen (secondary N) is 1. The fourth-order valence-corrected chi connectivity index (χ4v) is 3.63. The minimum Gasteiger partial charge on any atom is -0.388 e. The number of rotatable bonds is 8. The topological polar surface area (TPSA) is 21.8 Å². The van der Waals surface area contributed by atoms with E-state index in [9.17, 15) is 4.39 Å². The zero-order chi connectivity index (χ0) is 21.7. The van der Waals surface area contributed by atoms with Crippen molar-refractivity contribution in [1.82, 2.24) is 15.1 Å². The summed E-state index contributed by atoms with van der Waals surface area (Å²) in [5.74, 6) is 0.628. The molecule has 1 aliphatic rings. The van der Waals surface area contributed by atoms with Crippen molar-refractivity contribution >= 4 is 11.4 Å². The molecule has 1 fully saturated rings. The molecule has 0 atom stereocenters. The summed E-state index contributed by atoms with van der Waals surface area (Å²) in [4.78, 5) is 6.63. The first-order valence-electron chi connectivity index (χ1n) is 10.2. The highest BCUT2D eigenvalue weighted by Crippen LogP contribution is 2.26. The van der Waals surface area contributed by atoms with Crippen LogP contribution in [0.3, 0.4) is 0 Å². The minimum absolute atomic E-state index is 0.252. The molecular weight excluding hydrogens is 375 g/mol. The quantitative estimate of drug-likeness (QED) is 0.689. The van der Waals surface area contributed by atoms with E-state index in [1.165, 1.54) is 6.07 Å². The Hall–Kier alpha value is -3.21. The summed E-state index contributed by atoms with van der Waals surface area (Å²) in [6.07, 6.45) is 0. The van der Waals surface area contributed by atoms with E-state index in [0.717, 1.165) is 60.2 Å². The summed E-state index contributed by atoms with van der Waals surface area (Å²) in [6.45, 7) is 18.6. The van der Waals surface area contributed by atoms with Gasteiger partial charge in [-0.3, -0.25) is 0 Å². The Morgan fingerprint density at radius 1 is 1.00 bits per heavy atom. The van der Waals surface area contributed by atoms with Crippen molar-refractivity contribution in [2.45, 2.75) is 13.5 Å². The van der Waals surface area contributed by atoms with Crippen molar-refractivity contribution in [3.8, 4) is 0 Å². The first kappa shape index (κ1) is 21.5. The van der Waals surface area contributed by atoms with Crippen LogP contribution in [0.1, 0.15) is 18.1 Å². The third-order valence-electron chi connectivity index (χ3n) is 5.56. The molecular formula is C25H31FN4. The van der Waals surface area contributed by atoms with Crippen LogP contribution in [0.4, 0.5) is 10.1 Å². The van der Waals surface area contributed by atoms with Gasteiger partial charge in [-0.05, 0) is 36.2 Å². The SMILES string of the molecule is C=C(NC)c1ccc(CN(C(=C)N2CCN(C(=C)C)CC2)c2cccc(F)c2)cc1. The van der Waals surface area contributed by atoms with E-state index in [2.05, 4.69) is 51.9 Å². The molecule has 0 amide bonds. The van der Waals surface area contributed by atoms with Gasteiger partial charge in [0.2, 0.25) is 0 Å². The minimum atomic E-state index is -0.252. The van der Waals surface area contributed by atoms with Crippen LogP contribution >= 0.6 is 0 Å². The van der Waals surface area contributed by atoms with Crippen molar-refractivity contribution in [2.24, 2.45) is 0 Å². The maximum absolute atomic E-state index is 14.0. The highest BCUT2D eigenvalue weighted by Gasteiger charge is 2.22. The second-order valence-corrected chi connectivity index (χ2v) is 7.62. The van der Waals surface area contributed by atoms with E-state index in [4.69, 9.17) is 0 Å². The van der Waals surface area contributed by atoms with E-state index in [-0.39, 0.29) is 5.82 Å². The Kier molecular flexibility index (Phi) is 6.83. The van der Waals surface area contributed by atoms with Gasteiger partial charge in [-0.2, -0.15) is 0 Å². The molecule has 0 spiro atoms. The molecule has 0 aliphatic carbocycles.